The van der Waals surface area contributed by atoms with Crippen LogP contribution in [-0.4, -0.2) is 15.2 Å². The van der Waals surface area contributed by atoms with E-state index in [4.69, 9.17) is 15.5 Å². The van der Waals surface area contributed by atoms with Crippen LogP contribution in [0.15, 0.2) is 60.8 Å². The molecule has 2 heterocycles. The van der Waals surface area contributed by atoms with Gasteiger partial charge in [0.05, 0.1) is 16.6 Å². The zero-order valence-electron chi connectivity index (χ0n) is 15.6. The molecule has 0 atom stereocenters. The fourth-order valence-corrected chi connectivity index (χ4v) is 4.14. The molecule has 2 aromatic heterocycles. The summed E-state index contributed by atoms with van der Waals surface area (Å²) >= 11 is 0. The van der Waals surface area contributed by atoms with Gasteiger partial charge in [0, 0.05) is 11.8 Å². The van der Waals surface area contributed by atoms with Crippen molar-refractivity contribution in [2.24, 2.45) is 0 Å². The van der Waals surface area contributed by atoms with Gasteiger partial charge < -0.3 is 10.5 Å². The summed E-state index contributed by atoms with van der Waals surface area (Å²) in [5.41, 5.74) is 10.3. The number of nitrogens with zero attached hydrogens (tertiary/aromatic N) is 2. The first-order chi connectivity index (χ1) is 13.8. The van der Waals surface area contributed by atoms with Gasteiger partial charge in [-0.1, -0.05) is 31.0 Å². The van der Waals surface area contributed by atoms with E-state index in [-0.39, 0.29) is 0 Å². The maximum absolute atomic E-state index is 6.21. The molecule has 1 fully saturated rings. The summed E-state index contributed by atoms with van der Waals surface area (Å²) in [5, 5.41) is 8.34. The van der Waals surface area contributed by atoms with Crippen molar-refractivity contribution in [3.05, 3.63) is 66.4 Å². The first-order valence-corrected chi connectivity index (χ1v) is 9.75. The molecule has 5 heteroatoms. The summed E-state index contributed by atoms with van der Waals surface area (Å²) in [7, 11) is 0. The van der Waals surface area contributed by atoms with Gasteiger partial charge in [0.1, 0.15) is 11.5 Å². The Morgan fingerprint density at radius 2 is 1.64 bits per heavy atom. The summed E-state index contributed by atoms with van der Waals surface area (Å²) < 4.78 is 5.89. The minimum Gasteiger partial charge on any atom is -0.457 e. The summed E-state index contributed by atoms with van der Waals surface area (Å²) in [6, 6.07) is 17.7. The molecular weight excluding hydrogens is 348 g/mol. The predicted molar refractivity (Wildman–Crippen MR) is 111 cm³/mol. The Morgan fingerprint density at radius 1 is 0.929 bits per heavy atom. The van der Waals surface area contributed by atoms with Crippen LogP contribution in [0, 0.1) is 0 Å². The Labute approximate surface area is 163 Å². The van der Waals surface area contributed by atoms with Crippen LogP contribution >= 0.6 is 0 Å². The molecule has 5 rings (SSSR count). The molecule has 0 radical (unpaired) electrons. The Balaban J connectivity index is 1.51. The quantitative estimate of drug-likeness (QED) is 0.486. The number of nitrogens with two attached hydrogens (primary N) is 1. The molecular formula is C23H22N4O. The number of pyridine rings is 1. The van der Waals surface area contributed by atoms with E-state index in [1.54, 1.807) is 0 Å². The first kappa shape index (κ1) is 16.8. The van der Waals surface area contributed by atoms with E-state index in [0.29, 0.717) is 11.7 Å². The van der Waals surface area contributed by atoms with Gasteiger partial charge in [0.2, 0.25) is 0 Å². The number of fused-ring (bicyclic) bond motifs is 1. The lowest BCUT2D eigenvalue weighted by Gasteiger charge is -2.13. The number of benzene rings is 2. The first-order valence-electron chi connectivity index (χ1n) is 9.75. The summed E-state index contributed by atoms with van der Waals surface area (Å²) in [6.07, 6.45) is 6.97. The minimum absolute atomic E-state index is 0.502. The van der Waals surface area contributed by atoms with Crippen molar-refractivity contribution < 1.29 is 4.74 Å². The highest BCUT2D eigenvalue weighted by atomic mass is 16.5. The van der Waals surface area contributed by atoms with Gasteiger partial charge in [0.15, 0.2) is 5.82 Å². The average molecular weight is 370 g/mol. The normalized spacial score (nSPS) is 14.6. The van der Waals surface area contributed by atoms with Gasteiger partial charge in [0.25, 0.3) is 0 Å². The molecule has 2 aromatic carbocycles. The third-order valence-electron chi connectivity index (χ3n) is 5.55. The summed E-state index contributed by atoms with van der Waals surface area (Å²) in [5.74, 6) is 2.65. The standard InChI is InChI=1S/C23H22N4O/c24-23-20-21(25-14-19(22(20)26-27-23)15-6-4-5-7-15)16-10-12-18(13-11-16)28-17-8-2-1-3-9-17/h1-3,8-15H,4-7H2,(H3,24,26,27). The van der Waals surface area contributed by atoms with Crippen LogP contribution in [0.1, 0.15) is 37.2 Å². The molecule has 4 aromatic rings. The number of rotatable bonds is 4. The average Bonchev–Trinajstić information content (AvgIpc) is 3.40. The van der Waals surface area contributed by atoms with Crippen LogP contribution in [0.25, 0.3) is 22.2 Å². The Bertz CT molecular complexity index is 1100. The van der Waals surface area contributed by atoms with E-state index in [1.807, 2.05) is 60.8 Å². The molecule has 0 bridgehead atoms. The van der Waals surface area contributed by atoms with Gasteiger partial charge in [-0.15, -0.1) is 0 Å². The van der Waals surface area contributed by atoms with Crippen LogP contribution in [0.3, 0.4) is 0 Å². The number of H-pyrrole nitrogens is 1. The van der Waals surface area contributed by atoms with E-state index in [0.717, 1.165) is 33.7 Å². The molecule has 1 saturated carbocycles. The Hall–Kier alpha value is -3.34. The zero-order chi connectivity index (χ0) is 18.9. The van der Waals surface area contributed by atoms with Crippen LogP contribution in [0.4, 0.5) is 5.82 Å². The molecule has 3 N–H and O–H groups in total. The van der Waals surface area contributed by atoms with E-state index in [1.165, 1.54) is 31.2 Å². The largest absolute Gasteiger partial charge is 0.457 e. The fraction of sp³-hybridized carbons (Fsp3) is 0.217. The molecule has 1 aliphatic carbocycles. The summed E-state index contributed by atoms with van der Waals surface area (Å²) in [6.45, 7) is 0. The smallest absolute Gasteiger partial charge is 0.155 e. The number of aromatic amines is 1. The minimum atomic E-state index is 0.502. The maximum Gasteiger partial charge on any atom is 0.155 e. The number of hydrogen-bond acceptors (Lipinski definition) is 4. The Morgan fingerprint density at radius 3 is 2.39 bits per heavy atom. The fourth-order valence-electron chi connectivity index (χ4n) is 4.14. The highest BCUT2D eigenvalue weighted by Crippen LogP contribution is 2.40. The van der Waals surface area contributed by atoms with Crippen LogP contribution in [0.5, 0.6) is 11.5 Å². The number of nitrogens with one attached hydrogen (secondary N) is 1. The number of nitrogen functional groups attached to an aromatic ring is 1. The maximum atomic E-state index is 6.21. The summed E-state index contributed by atoms with van der Waals surface area (Å²) in [4.78, 5) is 4.79. The van der Waals surface area contributed by atoms with Gasteiger partial charge in [-0.3, -0.25) is 10.1 Å². The second-order valence-electron chi connectivity index (χ2n) is 7.34. The number of hydrogen-bond donors (Lipinski definition) is 2. The number of aromatic nitrogens is 3. The molecule has 140 valence electrons. The third kappa shape index (κ3) is 2.99. The SMILES string of the molecule is Nc1n[nH]c2c(C3CCCC3)cnc(-c3ccc(Oc4ccccc4)cc3)c12. The topological polar surface area (TPSA) is 76.8 Å². The predicted octanol–water partition coefficient (Wildman–Crippen LogP) is 5.66. The number of anilines is 1. The lowest BCUT2D eigenvalue weighted by Crippen LogP contribution is -1.98. The van der Waals surface area contributed by atoms with Crippen molar-refractivity contribution >= 4 is 16.7 Å². The Kier molecular flexibility index (Phi) is 4.20. The molecule has 0 aliphatic heterocycles. The molecule has 0 saturated heterocycles. The molecule has 5 nitrogen and oxygen atoms in total. The highest BCUT2D eigenvalue weighted by Gasteiger charge is 2.23. The lowest BCUT2D eigenvalue weighted by molar-refractivity contribution is 0.483. The van der Waals surface area contributed by atoms with E-state index >= 15 is 0 Å². The monoisotopic (exact) mass is 370 g/mol. The molecule has 0 unspecified atom stereocenters. The van der Waals surface area contributed by atoms with Crippen molar-refractivity contribution in [3.8, 4) is 22.8 Å². The molecule has 0 amide bonds. The second-order valence-corrected chi connectivity index (χ2v) is 7.34. The van der Waals surface area contributed by atoms with Gasteiger partial charge >= 0.3 is 0 Å². The van der Waals surface area contributed by atoms with Crippen LogP contribution in [-0.2, 0) is 0 Å². The number of ether oxygens (including phenoxy) is 1. The van der Waals surface area contributed by atoms with E-state index < -0.39 is 0 Å². The molecule has 1 aliphatic rings. The van der Waals surface area contributed by atoms with Gasteiger partial charge in [-0.25, -0.2) is 0 Å². The van der Waals surface area contributed by atoms with E-state index in [2.05, 4.69) is 10.2 Å². The molecule has 28 heavy (non-hydrogen) atoms. The molecule has 0 spiro atoms. The lowest BCUT2D eigenvalue weighted by atomic mass is 9.95. The second kappa shape index (κ2) is 7.00. The van der Waals surface area contributed by atoms with Crippen molar-refractivity contribution in [1.29, 1.82) is 0 Å². The van der Waals surface area contributed by atoms with Crippen LogP contribution in [0.2, 0.25) is 0 Å². The van der Waals surface area contributed by atoms with Gasteiger partial charge in [-0.2, -0.15) is 5.10 Å². The van der Waals surface area contributed by atoms with Gasteiger partial charge in [-0.05, 0) is 60.7 Å². The zero-order valence-corrected chi connectivity index (χ0v) is 15.6. The third-order valence-corrected chi connectivity index (χ3v) is 5.55. The van der Waals surface area contributed by atoms with E-state index in [9.17, 15) is 0 Å². The number of para-hydroxylation sites is 1. The van der Waals surface area contributed by atoms with Crippen molar-refractivity contribution in [2.45, 2.75) is 31.6 Å². The van der Waals surface area contributed by atoms with Crippen LogP contribution < -0.4 is 10.5 Å². The highest BCUT2D eigenvalue weighted by molar-refractivity contribution is 6.01. The van der Waals surface area contributed by atoms with Crippen molar-refractivity contribution in [3.63, 3.8) is 0 Å². The van der Waals surface area contributed by atoms with Crippen molar-refractivity contribution in [1.82, 2.24) is 15.2 Å². The van der Waals surface area contributed by atoms with Crippen molar-refractivity contribution in [2.75, 3.05) is 5.73 Å².